The van der Waals surface area contributed by atoms with Crippen LogP contribution < -0.4 is 20.9 Å². The summed E-state index contributed by atoms with van der Waals surface area (Å²) >= 11 is 0.668. The van der Waals surface area contributed by atoms with Gasteiger partial charge in [-0.3, -0.25) is 9.59 Å². The molecule has 1 amide bonds. The van der Waals surface area contributed by atoms with Crippen LogP contribution in [0.4, 0.5) is 5.69 Å². The van der Waals surface area contributed by atoms with Gasteiger partial charge in [-0.25, -0.2) is 0 Å². The Hall–Kier alpha value is -1.23. The number of rotatable bonds is 5. The molecule has 0 heterocycles. The van der Waals surface area contributed by atoms with Crippen molar-refractivity contribution in [1.82, 2.24) is 0 Å². The summed E-state index contributed by atoms with van der Waals surface area (Å²) in [6.07, 6.45) is -0.120. The topological polar surface area (TPSA) is 139 Å². The van der Waals surface area contributed by atoms with E-state index in [1.807, 2.05) is 6.07 Å². The zero-order valence-corrected chi connectivity index (χ0v) is 27.0. The van der Waals surface area contributed by atoms with Crippen molar-refractivity contribution in [2.24, 2.45) is 0 Å². The summed E-state index contributed by atoms with van der Waals surface area (Å²) in [7, 11) is 3.21. The molecule has 1 rings (SSSR count). The van der Waals surface area contributed by atoms with Crippen molar-refractivity contribution in [3.8, 4) is 11.5 Å². The van der Waals surface area contributed by atoms with Crippen molar-refractivity contribution in [2.45, 2.75) is 27.2 Å². The van der Waals surface area contributed by atoms with Gasteiger partial charge < -0.3 is 10.2 Å². The Kier molecular flexibility index (Phi) is 15.3. The normalized spacial score (nSPS) is 8.93. The zero-order chi connectivity index (χ0) is 21.7. The predicted molar refractivity (Wildman–Crippen MR) is 89.4 cm³/mol. The molecule has 0 saturated heterocycles. The van der Waals surface area contributed by atoms with Crippen molar-refractivity contribution < 1.29 is 91.1 Å². The molecule has 0 aliphatic rings. The first-order chi connectivity index (χ1) is 12.4. The summed E-state index contributed by atoms with van der Waals surface area (Å²) in [5.74, 6) is -0.630. The van der Waals surface area contributed by atoms with E-state index in [1.165, 1.54) is 6.92 Å². The number of carbonyl (C=O) groups is 4. The fourth-order valence-corrected chi connectivity index (χ4v) is 10.1. The maximum absolute atomic E-state index is 11.7. The van der Waals surface area contributed by atoms with Crippen LogP contribution in [0.5, 0.6) is 11.5 Å². The third-order valence-corrected chi connectivity index (χ3v) is 7.18. The van der Waals surface area contributed by atoms with Gasteiger partial charge in [0.2, 0.25) is 0 Å². The van der Waals surface area contributed by atoms with Gasteiger partial charge in [0.25, 0.3) is 11.9 Å². The summed E-state index contributed by atoms with van der Waals surface area (Å²) in [6, 6.07) is 1.90. The van der Waals surface area contributed by atoms with Crippen molar-refractivity contribution >= 4 is 35.5 Å². The first-order valence-electron chi connectivity index (χ1n) is 7.48. The fourth-order valence-electron chi connectivity index (χ4n) is 1.71. The summed E-state index contributed by atoms with van der Waals surface area (Å²) in [5.41, 5.74) is 0.656. The summed E-state index contributed by atoms with van der Waals surface area (Å²) in [6.45, 7) is 3.56. The number of benzene rings is 1. The summed E-state index contributed by atoms with van der Waals surface area (Å²) in [4.78, 5) is 40.7. The molecule has 0 aromatic heterocycles. The molecule has 0 unspecified atom stereocenters. The Balaban J connectivity index is 0. The van der Waals surface area contributed by atoms with Crippen LogP contribution in [0.25, 0.3) is 0 Å². The number of carbonyl (C=O) groups excluding carboxylic acids is 2. The van der Waals surface area contributed by atoms with E-state index in [1.54, 1.807) is 14.2 Å². The molecule has 1 aromatic carbocycles. The number of hydrogen-bond acceptors (Lipinski definition) is 6. The molecule has 0 spiro atoms. The zero-order valence-electron chi connectivity index (χ0n) is 16.0. The molecule has 11 heteroatoms. The van der Waals surface area contributed by atoms with Crippen LogP contribution in [0.1, 0.15) is 27.2 Å². The van der Waals surface area contributed by atoms with Gasteiger partial charge in [-0.15, -0.1) is 0 Å². The van der Waals surface area contributed by atoms with Crippen molar-refractivity contribution in [3.63, 3.8) is 0 Å². The average Bonchev–Trinajstić information content (AvgIpc) is 2.48. The summed E-state index contributed by atoms with van der Waals surface area (Å²) in [5, 5.41) is 17.6. The van der Waals surface area contributed by atoms with Gasteiger partial charge in [0.1, 0.15) is 0 Å². The monoisotopic (exact) mass is 759 g/mol. The molecule has 1 aromatic rings. The van der Waals surface area contributed by atoms with Crippen molar-refractivity contribution in [1.29, 1.82) is 0 Å². The van der Waals surface area contributed by atoms with Crippen molar-refractivity contribution in [3.05, 3.63) is 6.07 Å². The number of hydrogen-bond donors (Lipinski definition) is 3. The Bertz CT molecular complexity index is 671. The average molecular weight is 757 g/mol. The number of carboxylic acids is 2. The first-order valence-corrected chi connectivity index (χ1v) is 13.0. The second-order valence-corrected chi connectivity index (χ2v) is 10.8. The number of anilines is 1. The van der Waals surface area contributed by atoms with Gasteiger partial charge in [0.15, 0.2) is 0 Å². The quantitative estimate of drug-likeness (QED) is 0.286. The number of Topliss-reactive ketones (excluding diaryl/α,β-unsaturated/α-hetero) is 1. The van der Waals surface area contributed by atoms with Crippen LogP contribution in [-0.4, -0.2) is 48.1 Å². The van der Waals surface area contributed by atoms with Gasteiger partial charge in [-0.05, 0) is 0 Å². The van der Waals surface area contributed by atoms with E-state index in [2.05, 4.69) is 5.32 Å². The van der Waals surface area contributed by atoms with E-state index in [0.717, 1.165) is 25.7 Å². The number of ketones is 1. The van der Waals surface area contributed by atoms with Crippen LogP contribution in [0.2, 0.25) is 0 Å². The summed E-state index contributed by atoms with van der Waals surface area (Å²) < 4.78 is 12.9. The number of nitrogens with one attached hydrogen (secondary N) is 1. The van der Waals surface area contributed by atoms with Crippen LogP contribution in [0.3, 0.4) is 0 Å². The predicted octanol–water partition coefficient (Wildman–Crippen LogP) is 0.147. The van der Waals surface area contributed by atoms with E-state index < -0.39 is 11.9 Å². The minimum absolute atomic E-state index is 0.120. The number of carboxylic acid groups (broad SMARTS) is 2. The molecule has 0 aliphatic heterocycles. The SMILES string of the molecule is CC(=O)O.CC(=O)O.COc1c[c]([Hg])c(OC)[c]([Hg])c1NC(=O)CC(C)=O. The molecule has 0 fully saturated rings. The van der Waals surface area contributed by atoms with E-state index in [-0.39, 0.29) is 44.2 Å². The molecule has 9 nitrogen and oxygen atoms in total. The van der Waals surface area contributed by atoms with E-state index in [0.29, 0.717) is 37.6 Å². The molecule has 0 atom stereocenters. The molecule has 0 bridgehead atoms. The number of aliphatic carboxylic acids is 2. The van der Waals surface area contributed by atoms with E-state index in [4.69, 9.17) is 29.3 Å². The first kappa shape index (κ1) is 28.0. The molecule has 0 aliphatic carbocycles. The molecular formula is C16H21Hg2NO8. The van der Waals surface area contributed by atoms with Crippen LogP contribution in [-0.2, 0) is 71.4 Å². The van der Waals surface area contributed by atoms with Gasteiger partial charge in [-0.2, -0.15) is 0 Å². The second kappa shape index (κ2) is 14.8. The molecule has 142 valence electrons. The van der Waals surface area contributed by atoms with Gasteiger partial charge in [0, 0.05) is 13.8 Å². The molecule has 27 heavy (non-hydrogen) atoms. The van der Waals surface area contributed by atoms with Crippen LogP contribution in [0, 0.1) is 0 Å². The van der Waals surface area contributed by atoms with Crippen LogP contribution in [0.15, 0.2) is 6.07 Å². The molecule has 3 N–H and O–H groups in total. The Morgan fingerprint density at radius 2 is 1.44 bits per heavy atom. The standard InChI is InChI=1S/C12H13NO4.2C2H4O2.2Hg/c1-8(14)6-12(15)13-10-7-9(16-2)4-5-11(10)17-3;2*1-2(3)4;;/h5H,6H2,1-3H3,(H,13,15);2*1H3,(H,3,4);;. The van der Waals surface area contributed by atoms with Gasteiger partial charge in [-0.1, -0.05) is 0 Å². The van der Waals surface area contributed by atoms with Crippen molar-refractivity contribution in [2.75, 3.05) is 19.5 Å². The third kappa shape index (κ3) is 13.6. The van der Waals surface area contributed by atoms with E-state index in [9.17, 15) is 9.59 Å². The fraction of sp³-hybridized carbons (Fsp3) is 0.375. The minimum atomic E-state index is -0.833. The number of ether oxygens (including phenoxy) is 2. The molecule has 0 saturated carbocycles. The second-order valence-electron chi connectivity index (χ2n) is 5.09. The Labute approximate surface area is 189 Å². The maximum atomic E-state index is 11.7. The third-order valence-electron chi connectivity index (χ3n) is 2.52. The van der Waals surface area contributed by atoms with Gasteiger partial charge in [0.05, 0.1) is 0 Å². The number of amides is 1. The molecule has 0 radical (unpaired) electrons. The van der Waals surface area contributed by atoms with E-state index >= 15 is 0 Å². The molecular weight excluding hydrogens is 735 g/mol. The van der Waals surface area contributed by atoms with Crippen LogP contribution >= 0.6 is 0 Å². The Morgan fingerprint density at radius 3 is 1.78 bits per heavy atom. The number of methoxy groups -OCH3 is 2. The van der Waals surface area contributed by atoms with Gasteiger partial charge >= 0.3 is 145 Å². The Morgan fingerprint density at radius 1 is 1.00 bits per heavy atom.